The van der Waals surface area contributed by atoms with E-state index >= 15 is 0 Å². The second-order valence-electron chi connectivity index (χ2n) is 16.3. The smallest absolute Gasteiger partial charge is 0.00512 e. The van der Waals surface area contributed by atoms with Crippen LogP contribution in [0.3, 0.4) is 0 Å². The SMILES string of the molecule is CS(C)(C)c1ccc(P(c2ccc(S(C)(C)C)cc2)C2C=CC(c3c4c(c(-c5ccccc5)c5ccccc35)-c3cccc5cccc-4c35)CC2)cc1. The van der Waals surface area contributed by atoms with E-state index in [-0.39, 0.29) is 0 Å². The van der Waals surface area contributed by atoms with Crippen molar-refractivity contribution in [2.24, 2.45) is 0 Å². The van der Waals surface area contributed by atoms with Gasteiger partial charge in [0.15, 0.2) is 0 Å². The van der Waals surface area contributed by atoms with Crippen molar-refractivity contribution in [3.8, 4) is 33.4 Å². The zero-order chi connectivity index (χ0) is 36.5. The molecule has 0 radical (unpaired) electrons. The van der Waals surface area contributed by atoms with Gasteiger partial charge in [0.1, 0.15) is 0 Å². The molecule has 7 aromatic rings. The van der Waals surface area contributed by atoms with Crippen LogP contribution in [0.2, 0.25) is 0 Å². The van der Waals surface area contributed by atoms with Gasteiger partial charge in [-0.3, -0.25) is 0 Å². The fraction of sp³-hybridized carbons (Fsp3) is 0.200. The third kappa shape index (κ3) is 6.08. The maximum Gasteiger partial charge on any atom is 0.00512 e. The highest BCUT2D eigenvalue weighted by Gasteiger charge is 2.34. The topological polar surface area (TPSA) is 0 Å². The lowest BCUT2D eigenvalue weighted by Gasteiger charge is -2.33. The van der Waals surface area contributed by atoms with Crippen molar-refractivity contribution < 1.29 is 0 Å². The Kier molecular flexibility index (Phi) is 8.73. The highest BCUT2D eigenvalue weighted by atomic mass is 32.3. The van der Waals surface area contributed by atoms with Gasteiger partial charge in [0.05, 0.1) is 0 Å². The summed E-state index contributed by atoms with van der Waals surface area (Å²) in [4.78, 5) is 2.97. The summed E-state index contributed by atoms with van der Waals surface area (Å²) in [5.74, 6) is 0.342. The van der Waals surface area contributed by atoms with Crippen molar-refractivity contribution in [1.82, 2.24) is 0 Å². The van der Waals surface area contributed by atoms with Crippen molar-refractivity contribution in [1.29, 1.82) is 0 Å². The van der Waals surface area contributed by atoms with Crippen LogP contribution in [-0.4, -0.2) is 43.2 Å². The molecule has 0 spiro atoms. The minimum atomic E-state index is -0.777. The molecule has 3 heteroatoms. The molecule has 7 aromatic carbocycles. The molecule has 0 aromatic heterocycles. The van der Waals surface area contributed by atoms with Gasteiger partial charge < -0.3 is 0 Å². The number of rotatable bonds is 7. The summed E-state index contributed by atoms with van der Waals surface area (Å²) in [5, 5.41) is 8.48. The zero-order valence-corrected chi connectivity index (χ0v) is 34.3. The Bertz CT molecular complexity index is 2450. The summed E-state index contributed by atoms with van der Waals surface area (Å²) >= 11 is 0. The van der Waals surface area contributed by atoms with E-state index in [4.69, 9.17) is 0 Å². The molecule has 2 aliphatic rings. The van der Waals surface area contributed by atoms with Gasteiger partial charge in [-0.15, -0.1) is 0 Å². The molecule has 53 heavy (non-hydrogen) atoms. The molecule has 0 N–H and O–H groups in total. The van der Waals surface area contributed by atoms with Gasteiger partial charge in [-0.1, -0.05) is 127 Å². The second-order valence-corrected chi connectivity index (χ2v) is 27.1. The third-order valence-corrected chi connectivity index (χ3v) is 17.6. The lowest BCUT2D eigenvalue weighted by molar-refractivity contribution is 0.664. The first-order valence-corrected chi connectivity index (χ1v) is 25.9. The Morgan fingerprint density at radius 2 is 1.02 bits per heavy atom. The van der Waals surface area contributed by atoms with Crippen molar-refractivity contribution >= 4 is 60.1 Å². The molecular formula is C50H49PS2. The maximum absolute atomic E-state index is 2.63. The van der Waals surface area contributed by atoms with Gasteiger partial charge in [0, 0.05) is 11.6 Å². The van der Waals surface area contributed by atoms with Crippen LogP contribution in [0.5, 0.6) is 0 Å². The molecule has 0 fully saturated rings. The highest BCUT2D eigenvalue weighted by Crippen LogP contribution is 2.58. The summed E-state index contributed by atoms with van der Waals surface area (Å²) < 4.78 is 0. The first-order chi connectivity index (χ1) is 25.6. The number of hydrogen-bond acceptors (Lipinski definition) is 0. The predicted octanol–water partition coefficient (Wildman–Crippen LogP) is 13.3. The van der Waals surface area contributed by atoms with Gasteiger partial charge >= 0.3 is 0 Å². The van der Waals surface area contributed by atoms with Crippen LogP contribution in [0.15, 0.2) is 161 Å². The van der Waals surface area contributed by atoms with E-state index in [1.807, 2.05) is 0 Å². The molecule has 0 heterocycles. The van der Waals surface area contributed by atoms with Crippen LogP contribution in [-0.2, 0) is 0 Å². The van der Waals surface area contributed by atoms with Gasteiger partial charge in [0.2, 0.25) is 0 Å². The summed E-state index contributed by atoms with van der Waals surface area (Å²) in [5.41, 5.74) is 10.3. The van der Waals surface area contributed by atoms with Crippen molar-refractivity contribution in [3.05, 3.63) is 157 Å². The van der Waals surface area contributed by atoms with E-state index in [1.165, 1.54) is 87.3 Å². The fourth-order valence-corrected chi connectivity index (χ4v) is 13.5. The zero-order valence-electron chi connectivity index (χ0n) is 31.8. The van der Waals surface area contributed by atoms with Crippen molar-refractivity contribution in [3.63, 3.8) is 0 Å². The van der Waals surface area contributed by atoms with Crippen LogP contribution in [0.25, 0.3) is 54.9 Å². The summed E-state index contributed by atoms with van der Waals surface area (Å²) in [7, 11) is -2.12. The Morgan fingerprint density at radius 3 is 1.57 bits per heavy atom. The van der Waals surface area contributed by atoms with Crippen LogP contribution in [0.1, 0.15) is 24.3 Å². The van der Waals surface area contributed by atoms with E-state index < -0.39 is 28.0 Å². The highest BCUT2D eigenvalue weighted by molar-refractivity contribution is 8.32. The van der Waals surface area contributed by atoms with E-state index in [9.17, 15) is 0 Å². The van der Waals surface area contributed by atoms with E-state index in [2.05, 4.69) is 189 Å². The number of allylic oxidation sites excluding steroid dienone is 2. The molecule has 2 unspecified atom stereocenters. The quantitative estimate of drug-likeness (QED) is 0.113. The molecule has 2 atom stereocenters. The molecule has 0 saturated heterocycles. The van der Waals surface area contributed by atoms with Gasteiger partial charge in [-0.2, -0.15) is 0 Å². The molecule has 0 nitrogen and oxygen atoms in total. The van der Waals surface area contributed by atoms with E-state index in [0.29, 0.717) is 11.6 Å². The number of benzene rings is 7. The molecule has 0 aliphatic heterocycles. The normalized spacial score (nSPS) is 17.4. The van der Waals surface area contributed by atoms with Gasteiger partial charge in [-0.05, 0) is 163 Å². The first kappa shape index (κ1) is 34.7. The molecule has 0 bridgehead atoms. The summed E-state index contributed by atoms with van der Waals surface area (Å²) in [6.07, 6.45) is 21.9. The molecule has 9 rings (SSSR count). The fourth-order valence-electron chi connectivity index (χ4n) is 8.88. The van der Waals surface area contributed by atoms with Crippen molar-refractivity contribution in [2.45, 2.75) is 34.2 Å². The molecule has 0 saturated carbocycles. The number of hydrogen-bond donors (Lipinski definition) is 0. The molecule has 266 valence electrons. The van der Waals surface area contributed by atoms with E-state index in [1.54, 1.807) is 0 Å². The van der Waals surface area contributed by atoms with Gasteiger partial charge in [0.25, 0.3) is 0 Å². The Balaban J connectivity index is 1.20. The van der Waals surface area contributed by atoms with Crippen LogP contribution in [0, 0.1) is 0 Å². The van der Waals surface area contributed by atoms with Crippen molar-refractivity contribution in [2.75, 3.05) is 37.5 Å². The Morgan fingerprint density at radius 1 is 0.472 bits per heavy atom. The minimum absolute atomic E-state index is 0.342. The average molecular weight is 745 g/mol. The van der Waals surface area contributed by atoms with Gasteiger partial charge in [-0.25, -0.2) is 20.1 Å². The van der Waals surface area contributed by atoms with Crippen LogP contribution < -0.4 is 10.6 Å². The maximum atomic E-state index is 2.63. The summed E-state index contributed by atoms with van der Waals surface area (Å²) in [6.45, 7) is 0. The van der Waals surface area contributed by atoms with E-state index in [0.717, 1.165) is 6.42 Å². The Labute approximate surface area is 320 Å². The standard InChI is InChI=1S/C50H49PS2/c1-52(2,3)40-30-26-38(27-31-40)51(39-28-32-41(33-29-39)53(4,5)6)37-24-22-36(23-25-37)48-43-19-11-10-18-42(43)47(35-14-8-7-9-15-35)49-44-20-12-16-34-17-13-21-45(46(34)44)50(48)49/h7-22,24,26-33,36-37H,23,25H2,1-6H3. The molecule has 0 amide bonds. The minimum Gasteiger partial charge on any atom is -0.223 e. The Hall–Kier alpha value is -4.07. The van der Waals surface area contributed by atoms with Crippen LogP contribution in [0.4, 0.5) is 0 Å². The predicted molar refractivity (Wildman–Crippen MR) is 243 cm³/mol. The first-order valence-electron chi connectivity index (χ1n) is 18.8. The molecule has 2 aliphatic carbocycles. The largest absolute Gasteiger partial charge is 0.223 e. The molecular weight excluding hydrogens is 696 g/mol. The average Bonchev–Trinajstić information content (AvgIpc) is 3.49. The van der Waals surface area contributed by atoms with Crippen LogP contribution >= 0.6 is 28.0 Å². The third-order valence-electron chi connectivity index (χ3n) is 11.4. The number of fused-ring (bicyclic) bond motifs is 4. The second kappa shape index (κ2) is 13.3. The summed E-state index contributed by atoms with van der Waals surface area (Å²) in [6, 6.07) is 53.7. The lowest BCUT2D eigenvalue weighted by Crippen LogP contribution is -2.23. The lowest BCUT2D eigenvalue weighted by atomic mass is 9.78. The monoisotopic (exact) mass is 744 g/mol.